The topological polar surface area (TPSA) is 40.5 Å². The van der Waals surface area contributed by atoms with E-state index in [-0.39, 0.29) is 5.02 Å². The Morgan fingerprint density at radius 1 is 1.36 bits per heavy atom. The van der Waals surface area contributed by atoms with Gasteiger partial charge in [-0.25, -0.2) is 0 Å². The molecular formula is C17H15ClF3NO2S. The quantitative estimate of drug-likeness (QED) is 0.794. The number of halogens is 4. The average molecular weight is 390 g/mol. The standard InChI is InChI=1S/C17H15ClF3NO2S/c18-12-6-5-10(9-11(12)17(19,20)21)15(14-4-2-8-25-14)22-7-1-3-13(22)16(23)24/h2,4-6,8-9,13,15H,1,3,7H2,(H,23,24). The van der Waals surface area contributed by atoms with Crippen molar-refractivity contribution in [2.45, 2.75) is 31.1 Å². The van der Waals surface area contributed by atoms with Crippen molar-refractivity contribution in [1.29, 1.82) is 0 Å². The van der Waals surface area contributed by atoms with E-state index in [2.05, 4.69) is 0 Å². The monoisotopic (exact) mass is 389 g/mol. The summed E-state index contributed by atoms with van der Waals surface area (Å²) < 4.78 is 39.7. The maximum atomic E-state index is 13.2. The van der Waals surface area contributed by atoms with E-state index in [4.69, 9.17) is 11.6 Å². The molecule has 0 radical (unpaired) electrons. The van der Waals surface area contributed by atoms with Gasteiger partial charge in [-0.2, -0.15) is 13.2 Å². The largest absolute Gasteiger partial charge is 0.480 e. The number of aliphatic carboxylic acids is 1. The Labute approximate surface area is 151 Å². The van der Waals surface area contributed by atoms with Crippen LogP contribution in [0.3, 0.4) is 0 Å². The maximum Gasteiger partial charge on any atom is 0.417 e. The lowest BCUT2D eigenvalue weighted by Crippen LogP contribution is -2.39. The van der Waals surface area contributed by atoms with Crippen LogP contribution in [0, 0.1) is 0 Å². The molecule has 1 aliphatic rings. The van der Waals surface area contributed by atoms with Crippen LogP contribution in [0.25, 0.3) is 0 Å². The van der Waals surface area contributed by atoms with Gasteiger partial charge in [0.05, 0.1) is 16.6 Å². The molecule has 1 aromatic heterocycles. The lowest BCUT2D eigenvalue weighted by molar-refractivity contribution is -0.143. The number of thiophene rings is 1. The lowest BCUT2D eigenvalue weighted by Gasteiger charge is -2.31. The highest BCUT2D eigenvalue weighted by Crippen LogP contribution is 2.41. The van der Waals surface area contributed by atoms with Crippen LogP contribution in [0.1, 0.15) is 34.9 Å². The van der Waals surface area contributed by atoms with E-state index in [9.17, 15) is 23.1 Å². The number of carboxylic acids is 1. The summed E-state index contributed by atoms with van der Waals surface area (Å²) in [5, 5.41) is 10.9. The third-order valence-electron chi connectivity index (χ3n) is 4.34. The molecule has 0 aliphatic carbocycles. The fraction of sp³-hybridized carbons (Fsp3) is 0.353. The summed E-state index contributed by atoms with van der Waals surface area (Å²) in [6, 6.07) is 6.17. The van der Waals surface area contributed by atoms with E-state index < -0.39 is 29.8 Å². The average Bonchev–Trinajstić information content (AvgIpc) is 3.20. The van der Waals surface area contributed by atoms with Gasteiger partial charge in [-0.1, -0.05) is 23.7 Å². The lowest BCUT2D eigenvalue weighted by atomic mass is 10.00. The van der Waals surface area contributed by atoms with Crippen molar-refractivity contribution >= 4 is 28.9 Å². The first-order valence-electron chi connectivity index (χ1n) is 7.67. The molecule has 3 nitrogen and oxygen atoms in total. The minimum absolute atomic E-state index is 0.364. The van der Waals surface area contributed by atoms with Crippen molar-refractivity contribution in [3.05, 3.63) is 56.7 Å². The summed E-state index contributed by atoms with van der Waals surface area (Å²) in [6.45, 7) is 0.517. The molecule has 3 rings (SSSR count). The van der Waals surface area contributed by atoms with Gasteiger partial charge in [0.25, 0.3) is 0 Å². The van der Waals surface area contributed by atoms with Gasteiger partial charge in [0, 0.05) is 11.4 Å². The van der Waals surface area contributed by atoms with Crippen LogP contribution in [-0.4, -0.2) is 28.6 Å². The van der Waals surface area contributed by atoms with Crippen LogP contribution in [0.15, 0.2) is 35.7 Å². The third-order valence-corrected chi connectivity index (χ3v) is 5.59. The van der Waals surface area contributed by atoms with Crippen LogP contribution in [0.2, 0.25) is 5.02 Å². The fourth-order valence-corrected chi connectivity index (χ4v) is 4.36. The smallest absolute Gasteiger partial charge is 0.417 e. The van der Waals surface area contributed by atoms with Crippen LogP contribution in [0.5, 0.6) is 0 Å². The second-order valence-electron chi connectivity index (χ2n) is 5.89. The summed E-state index contributed by atoms with van der Waals surface area (Å²) in [6.07, 6.45) is -3.39. The van der Waals surface area contributed by atoms with Gasteiger partial charge < -0.3 is 5.11 Å². The minimum Gasteiger partial charge on any atom is -0.480 e. The van der Waals surface area contributed by atoms with Crippen LogP contribution in [-0.2, 0) is 11.0 Å². The van der Waals surface area contributed by atoms with Gasteiger partial charge in [0.15, 0.2) is 0 Å². The van der Waals surface area contributed by atoms with Crippen LogP contribution >= 0.6 is 22.9 Å². The van der Waals surface area contributed by atoms with Crippen molar-refractivity contribution < 1.29 is 23.1 Å². The number of carboxylic acid groups (broad SMARTS) is 1. The number of hydrogen-bond acceptors (Lipinski definition) is 3. The highest BCUT2D eigenvalue weighted by Gasteiger charge is 2.39. The van der Waals surface area contributed by atoms with E-state index in [1.807, 2.05) is 11.4 Å². The molecule has 8 heteroatoms. The predicted molar refractivity (Wildman–Crippen MR) is 90.0 cm³/mol. The number of carbonyl (C=O) groups is 1. The normalized spacial score (nSPS) is 19.9. The van der Waals surface area contributed by atoms with E-state index in [1.54, 1.807) is 17.0 Å². The van der Waals surface area contributed by atoms with Gasteiger partial charge in [-0.15, -0.1) is 11.3 Å². The summed E-state index contributed by atoms with van der Waals surface area (Å²) in [4.78, 5) is 14.1. The Balaban J connectivity index is 2.09. The number of likely N-dealkylation sites (tertiary alicyclic amines) is 1. The SMILES string of the molecule is O=C(O)C1CCCN1C(c1ccc(Cl)c(C(F)(F)F)c1)c1cccs1. The first-order chi connectivity index (χ1) is 11.8. The number of rotatable bonds is 4. The second-order valence-corrected chi connectivity index (χ2v) is 7.28. The molecule has 25 heavy (non-hydrogen) atoms. The summed E-state index contributed by atoms with van der Waals surface area (Å²) in [5.74, 6) is -0.955. The van der Waals surface area contributed by atoms with E-state index in [0.717, 1.165) is 10.9 Å². The Kier molecular flexibility index (Phi) is 5.09. The summed E-state index contributed by atoms with van der Waals surface area (Å²) in [7, 11) is 0. The first kappa shape index (κ1) is 18.2. The molecule has 1 N–H and O–H groups in total. The van der Waals surface area contributed by atoms with Crippen molar-refractivity contribution in [1.82, 2.24) is 4.90 Å². The Bertz CT molecular complexity index is 764. The van der Waals surface area contributed by atoms with Gasteiger partial charge in [0.2, 0.25) is 0 Å². The first-order valence-corrected chi connectivity index (χ1v) is 8.93. The van der Waals surface area contributed by atoms with Crippen LogP contribution in [0.4, 0.5) is 13.2 Å². The second kappa shape index (κ2) is 6.97. The Hall–Kier alpha value is -1.57. The van der Waals surface area contributed by atoms with E-state index in [1.165, 1.54) is 17.4 Å². The van der Waals surface area contributed by atoms with Crippen molar-refractivity contribution in [2.75, 3.05) is 6.54 Å². The molecule has 1 saturated heterocycles. The molecule has 1 aromatic carbocycles. The molecule has 2 unspecified atom stereocenters. The third kappa shape index (κ3) is 3.68. The van der Waals surface area contributed by atoms with Crippen molar-refractivity contribution in [2.24, 2.45) is 0 Å². The van der Waals surface area contributed by atoms with E-state index >= 15 is 0 Å². The molecule has 2 heterocycles. The zero-order valence-electron chi connectivity index (χ0n) is 13.0. The van der Waals surface area contributed by atoms with Crippen molar-refractivity contribution in [3.63, 3.8) is 0 Å². The molecule has 0 spiro atoms. The Morgan fingerprint density at radius 2 is 2.12 bits per heavy atom. The van der Waals surface area contributed by atoms with Gasteiger partial charge in [-0.3, -0.25) is 9.69 Å². The molecule has 1 fully saturated rings. The van der Waals surface area contributed by atoms with Crippen molar-refractivity contribution in [3.8, 4) is 0 Å². The number of hydrogen-bond donors (Lipinski definition) is 1. The van der Waals surface area contributed by atoms with Gasteiger partial charge >= 0.3 is 12.1 Å². The van der Waals surface area contributed by atoms with Gasteiger partial charge in [0.1, 0.15) is 6.04 Å². The molecular weight excluding hydrogens is 375 g/mol. The molecule has 0 bridgehead atoms. The number of benzene rings is 1. The number of nitrogens with zero attached hydrogens (tertiary/aromatic N) is 1. The molecule has 1 aliphatic heterocycles. The van der Waals surface area contributed by atoms with E-state index in [0.29, 0.717) is 24.9 Å². The molecule has 2 aromatic rings. The zero-order valence-corrected chi connectivity index (χ0v) is 14.5. The molecule has 134 valence electrons. The zero-order chi connectivity index (χ0) is 18.2. The summed E-state index contributed by atoms with van der Waals surface area (Å²) in [5.41, 5.74) is -0.508. The minimum atomic E-state index is -4.57. The molecule has 0 amide bonds. The maximum absolute atomic E-state index is 13.2. The van der Waals surface area contributed by atoms with Gasteiger partial charge in [-0.05, 0) is 42.0 Å². The predicted octanol–water partition coefficient (Wildman–Crippen LogP) is 5.06. The fourth-order valence-electron chi connectivity index (χ4n) is 3.26. The highest BCUT2D eigenvalue weighted by atomic mass is 35.5. The Morgan fingerprint density at radius 3 is 2.72 bits per heavy atom. The highest BCUT2D eigenvalue weighted by molar-refractivity contribution is 7.10. The number of alkyl halides is 3. The molecule has 0 saturated carbocycles. The summed E-state index contributed by atoms with van der Waals surface area (Å²) >= 11 is 7.12. The molecule has 2 atom stereocenters. The van der Waals surface area contributed by atoms with Crippen LogP contribution < -0.4 is 0 Å².